The lowest BCUT2D eigenvalue weighted by Crippen LogP contribution is -2.17. The summed E-state index contributed by atoms with van der Waals surface area (Å²) in [6.07, 6.45) is -10.2. The molecule has 0 spiro atoms. The molecule has 0 aliphatic heterocycles. The van der Waals surface area contributed by atoms with E-state index in [1.54, 1.807) is 0 Å². The maximum atomic E-state index is 12.7. The Morgan fingerprint density at radius 1 is 1.05 bits per heavy atom. The Morgan fingerprint density at radius 3 is 2.00 bits per heavy atom. The quantitative estimate of drug-likeness (QED) is 0.632. The molecule has 0 N–H and O–H groups in total. The summed E-state index contributed by atoms with van der Waals surface area (Å²) < 4.78 is 101. The van der Waals surface area contributed by atoms with Crippen molar-refractivity contribution in [1.29, 1.82) is 0 Å². The minimum atomic E-state index is -5.18. The third-order valence-electron chi connectivity index (χ3n) is 2.18. The van der Waals surface area contributed by atoms with Crippen LogP contribution in [0.5, 0.6) is 5.75 Å². The van der Waals surface area contributed by atoms with Crippen molar-refractivity contribution in [1.82, 2.24) is 0 Å². The van der Waals surface area contributed by atoms with Gasteiger partial charge in [-0.1, -0.05) is 0 Å². The van der Waals surface area contributed by atoms with Gasteiger partial charge in [0.1, 0.15) is 0 Å². The third kappa shape index (κ3) is 4.02. The van der Waals surface area contributed by atoms with E-state index in [4.69, 9.17) is 0 Å². The Hall–Kier alpha value is -1.45. The molecule has 0 radical (unpaired) electrons. The summed E-state index contributed by atoms with van der Waals surface area (Å²) in [4.78, 5) is 0. The summed E-state index contributed by atoms with van der Waals surface area (Å²) in [5, 5.41) is 0. The molecule has 0 saturated carbocycles. The van der Waals surface area contributed by atoms with Crippen molar-refractivity contribution in [3.63, 3.8) is 0 Å². The van der Waals surface area contributed by atoms with Crippen molar-refractivity contribution < 1.29 is 38.9 Å². The Balaban J connectivity index is 3.40. The van der Waals surface area contributed by atoms with Gasteiger partial charge in [0, 0.05) is 0 Å². The van der Waals surface area contributed by atoms with E-state index in [2.05, 4.69) is 4.18 Å². The second-order valence-electron chi connectivity index (χ2n) is 3.64. The van der Waals surface area contributed by atoms with E-state index in [0.717, 1.165) is 6.92 Å². The molecule has 0 bridgehead atoms. The smallest absolute Gasteiger partial charge is 0.382 e. The maximum Gasteiger partial charge on any atom is 0.420 e. The first kappa shape index (κ1) is 16.6. The van der Waals surface area contributed by atoms with Gasteiger partial charge in [0.25, 0.3) is 0 Å². The Bertz CT molecular complexity index is 588. The number of benzene rings is 1. The van der Waals surface area contributed by atoms with Crippen LogP contribution in [0, 0.1) is 0 Å². The highest BCUT2D eigenvalue weighted by Gasteiger charge is 2.39. The normalized spacial score (nSPS) is 13.3. The zero-order valence-electron chi connectivity index (χ0n) is 9.84. The van der Waals surface area contributed by atoms with Crippen LogP contribution in [0.4, 0.5) is 26.3 Å². The zero-order chi connectivity index (χ0) is 15.8. The van der Waals surface area contributed by atoms with E-state index in [1.807, 2.05) is 0 Å². The van der Waals surface area contributed by atoms with Crippen LogP contribution < -0.4 is 4.18 Å². The summed E-state index contributed by atoms with van der Waals surface area (Å²) in [6, 6.07) is 0.453. The topological polar surface area (TPSA) is 43.4 Å². The van der Waals surface area contributed by atoms with Crippen LogP contribution in [0.2, 0.25) is 0 Å². The summed E-state index contributed by atoms with van der Waals surface area (Å²) >= 11 is 0. The Labute approximate surface area is 110 Å². The summed E-state index contributed by atoms with van der Waals surface area (Å²) in [6.45, 7) is 1.12. The minimum Gasteiger partial charge on any atom is -0.382 e. The standard InChI is InChI=1S/C10H8F6O3S/c1-2-20(17,18)19-8-4-3-6(9(11,12)13)5-7(8)10(14,15)16/h3-5H,2H2,1H3. The Kier molecular flexibility index (Phi) is 4.28. The molecular weight excluding hydrogens is 314 g/mol. The van der Waals surface area contributed by atoms with Crippen molar-refractivity contribution in [2.45, 2.75) is 19.3 Å². The van der Waals surface area contributed by atoms with Crippen LogP contribution in [0.15, 0.2) is 18.2 Å². The third-order valence-corrected chi connectivity index (χ3v) is 3.32. The molecule has 1 aromatic rings. The van der Waals surface area contributed by atoms with E-state index >= 15 is 0 Å². The van der Waals surface area contributed by atoms with E-state index in [0.29, 0.717) is 12.1 Å². The molecule has 0 aliphatic carbocycles. The summed E-state index contributed by atoms with van der Waals surface area (Å²) in [7, 11) is -4.28. The number of hydrogen-bond donors (Lipinski definition) is 0. The van der Waals surface area contributed by atoms with Crippen molar-refractivity contribution in [2.24, 2.45) is 0 Å². The van der Waals surface area contributed by atoms with Gasteiger partial charge in [-0.2, -0.15) is 34.8 Å². The lowest BCUT2D eigenvalue weighted by Gasteiger charge is -2.15. The number of alkyl halides is 6. The van der Waals surface area contributed by atoms with Crippen molar-refractivity contribution in [3.05, 3.63) is 29.3 Å². The van der Waals surface area contributed by atoms with Crippen molar-refractivity contribution >= 4 is 10.1 Å². The first-order chi connectivity index (χ1) is 8.87. The molecule has 0 amide bonds. The molecule has 20 heavy (non-hydrogen) atoms. The number of halogens is 6. The zero-order valence-corrected chi connectivity index (χ0v) is 10.7. The molecule has 0 aliphatic rings. The Morgan fingerprint density at radius 2 is 1.60 bits per heavy atom. The summed E-state index contributed by atoms with van der Waals surface area (Å²) in [5.74, 6) is -1.81. The van der Waals surface area contributed by atoms with E-state index in [-0.39, 0.29) is 6.07 Å². The first-order valence-corrected chi connectivity index (χ1v) is 6.65. The molecule has 114 valence electrons. The van der Waals surface area contributed by atoms with Crippen molar-refractivity contribution in [3.8, 4) is 5.75 Å². The average molecular weight is 322 g/mol. The number of hydrogen-bond acceptors (Lipinski definition) is 3. The highest BCUT2D eigenvalue weighted by molar-refractivity contribution is 7.87. The molecule has 0 saturated heterocycles. The van der Waals surface area contributed by atoms with Gasteiger partial charge in [-0.25, -0.2) is 0 Å². The van der Waals surface area contributed by atoms with Crippen LogP contribution in [-0.4, -0.2) is 14.2 Å². The molecule has 0 aromatic heterocycles. The van der Waals surface area contributed by atoms with Crippen LogP contribution in [0.3, 0.4) is 0 Å². The highest BCUT2D eigenvalue weighted by atomic mass is 32.2. The van der Waals surface area contributed by atoms with Crippen LogP contribution in [-0.2, 0) is 22.5 Å². The van der Waals surface area contributed by atoms with E-state index in [1.165, 1.54) is 0 Å². The SMILES string of the molecule is CCS(=O)(=O)Oc1ccc(C(F)(F)F)cc1C(F)(F)F. The van der Waals surface area contributed by atoms with Crippen LogP contribution >= 0.6 is 0 Å². The maximum absolute atomic E-state index is 12.7. The monoisotopic (exact) mass is 322 g/mol. The lowest BCUT2D eigenvalue weighted by molar-refractivity contribution is -0.143. The molecule has 3 nitrogen and oxygen atoms in total. The van der Waals surface area contributed by atoms with Gasteiger partial charge < -0.3 is 4.18 Å². The van der Waals surface area contributed by atoms with Gasteiger partial charge in [0.15, 0.2) is 5.75 Å². The fraction of sp³-hybridized carbons (Fsp3) is 0.400. The molecule has 0 unspecified atom stereocenters. The molecule has 0 fully saturated rings. The molecule has 0 heterocycles. The van der Waals surface area contributed by atoms with Gasteiger partial charge in [-0.15, -0.1) is 0 Å². The molecule has 0 atom stereocenters. The lowest BCUT2D eigenvalue weighted by atomic mass is 10.1. The van der Waals surface area contributed by atoms with Gasteiger partial charge in [0.05, 0.1) is 16.9 Å². The predicted molar refractivity (Wildman–Crippen MR) is 56.5 cm³/mol. The average Bonchev–Trinajstić information content (AvgIpc) is 2.26. The minimum absolute atomic E-state index is 0.194. The van der Waals surface area contributed by atoms with E-state index < -0.39 is 45.1 Å². The van der Waals surface area contributed by atoms with Crippen LogP contribution in [0.25, 0.3) is 0 Å². The largest absolute Gasteiger partial charge is 0.420 e. The van der Waals surface area contributed by atoms with Gasteiger partial charge in [-0.3, -0.25) is 0 Å². The second-order valence-corrected chi connectivity index (χ2v) is 5.50. The fourth-order valence-corrected chi connectivity index (χ4v) is 1.73. The highest BCUT2D eigenvalue weighted by Crippen LogP contribution is 2.40. The van der Waals surface area contributed by atoms with Crippen molar-refractivity contribution in [2.75, 3.05) is 5.75 Å². The van der Waals surface area contributed by atoms with Gasteiger partial charge in [0.2, 0.25) is 0 Å². The molecule has 1 aromatic carbocycles. The molecule has 10 heteroatoms. The second kappa shape index (κ2) is 5.15. The van der Waals surface area contributed by atoms with Gasteiger partial charge in [-0.05, 0) is 25.1 Å². The first-order valence-electron chi connectivity index (χ1n) is 5.07. The molecule has 1 rings (SSSR count). The number of rotatable bonds is 3. The molecular formula is C10H8F6O3S. The fourth-order valence-electron chi connectivity index (χ4n) is 1.20. The van der Waals surface area contributed by atoms with Crippen LogP contribution in [0.1, 0.15) is 18.1 Å². The van der Waals surface area contributed by atoms with Gasteiger partial charge >= 0.3 is 22.5 Å². The summed E-state index contributed by atoms with van der Waals surface area (Å²) in [5.41, 5.74) is -3.35. The van der Waals surface area contributed by atoms with E-state index in [9.17, 15) is 34.8 Å². The predicted octanol–water partition coefficient (Wildman–Crippen LogP) is 3.45.